The lowest BCUT2D eigenvalue weighted by Crippen LogP contribution is -2.20. The molecule has 7 heteroatoms. The van der Waals surface area contributed by atoms with Crippen LogP contribution >= 0.6 is 23.1 Å². The van der Waals surface area contributed by atoms with Gasteiger partial charge in [0.2, 0.25) is 5.13 Å². The van der Waals surface area contributed by atoms with Crippen molar-refractivity contribution in [3.05, 3.63) is 65.2 Å². The number of thioether (sulfide) groups is 1. The van der Waals surface area contributed by atoms with Gasteiger partial charge in [0.05, 0.1) is 6.10 Å². The normalized spacial score (nSPS) is 12.0. The minimum atomic E-state index is -0.570. The van der Waals surface area contributed by atoms with Crippen LogP contribution in [0.5, 0.6) is 5.75 Å². The van der Waals surface area contributed by atoms with Crippen molar-refractivity contribution >= 4 is 28.2 Å². The molecular formula is C20H23N3O2S2. The van der Waals surface area contributed by atoms with Gasteiger partial charge in [-0.05, 0) is 36.6 Å². The molecule has 1 unspecified atom stereocenters. The number of nitrogens with zero attached hydrogens (tertiary/aromatic N) is 2. The molecule has 0 aliphatic heterocycles. The average Bonchev–Trinajstić information content (AvgIpc) is 3.14. The van der Waals surface area contributed by atoms with E-state index in [0.717, 1.165) is 26.3 Å². The molecule has 5 nitrogen and oxygen atoms in total. The number of aryl methyl sites for hydroxylation is 2. The van der Waals surface area contributed by atoms with Crippen LogP contribution in [0.3, 0.4) is 0 Å². The van der Waals surface area contributed by atoms with Crippen LogP contribution in [0.25, 0.3) is 0 Å². The van der Waals surface area contributed by atoms with Crippen LogP contribution in [0.4, 0.5) is 5.13 Å². The summed E-state index contributed by atoms with van der Waals surface area (Å²) in [7, 11) is 0. The third-order valence-electron chi connectivity index (χ3n) is 3.87. The Morgan fingerprint density at radius 2 is 1.96 bits per heavy atom. The van der Waals surface area contributed by atoms with Crippen LogP contribution in [0.2, 0.25) is 0 Å². The van der Waals surface area contributed by atoms with Crippen LogP contribution in [-0.2, 0) is 6.54 Å². The quantitative estimate of drug-likeness (QED) is 0.521. The molecule has 1 atom stereocenters. The van der Waals surface area contributed by atoms with Crippen molar-refractivity contribution in [2.24, 2.45) is 0 Å². The second-order valence-corrected chi connectivity index (χ2v) is 8.50. The first kappa shape index (κ1) is 19.7. The molecule has 1 aromatic heterocycles. The molecule has 0 bridgehead atoms. The highest BCUT2D eigenvalue weighted by molar-refractivity contribution is 8.01. The van der Waals surface area contributed by atoms with Crippen molar-refractivity contribution in [2.45, 2.75) is 30.8 Å². The lowest BCUT2D eigenvalue weighted by atomic mass is 10.1. The predicted octanol–water partition coefficient (Wildman–Crippen LogP) is 4.30. The van der Waals surface area contributed by atoms with Gasteiger partial charge < -0.3 is 15.2 Å². The molecule has 3 rings (SSSR count). The van der Waals surface area contributed by atoms with E-state index in [1.54, 1.807) is 0 Å². The maximum atomic E-state index is 10.2. The summed E-state index contributed by atoms with van der Waals surface area (Å²) in [5, 5.41) is 22.5. The van der Waals surface area contributed by atoms with Gasteiger partial charge in [0.1, 0.15) is 12.4 Å². The number of nitrogens with one attached hydrogen (secondary N) is 1. The largest absolute Gasteiger partial charge is 0.491 e. The molecule has 3 aromatic rings. The van der Waals surface area contributed by atoms with Crippen LogP contribution in [-0.4, -0.2) is 33.8 Å². The van der Waals surface area contributed by atoms with Crippen molar-refractivity contribution in [3.63, 3.8) is 0 Å². The van der Waals surface area contributed by atoms with E-state index in [1.165, 1.54) is 28.7 Å². The molecule has 2 aromatic carbocycles. The van der Waals surface area contributed by atoms with Crippen molar-refractivity contribution in [2.75, 3.05) is 17.7 Å². The van der Waals surface area contributed by atoms with Crippen molar-refractivity contribution in [1.29, 1.82) is 0 Å². The number of anilines is 1. The lowest BCUT2D eigenvalue weighted by molar-refractivity contribution is 0.126. The number of hydrogen-bond donors (Lipinski definition) is 2. The molecule has 0 radical (unpaired) electrons. The van der Waals surface area contributed by atoms with E-state index < -0.39 is 6.10 Å². The van der Waals surface area contributed by atoms with Crippen LogP contribution in [0, 0.1) is 13.8 Å². The molecule has 0 fully saturated rings. The number of hydrogen-bond acceptors (Lipinski definition) is 7. The van der Waals surface area contributed by atoms with Crippen LogP contribution < -0.4 is 10.1 Å². The Morgan fingerprint density at radius 3 is 2.78 bits per heavy atom. The fourth-order valence-electron chi connectivity index (χ4n) is 2.38. The average molecular weight is 402 g/mol. The molecule has 0 amide bonds. The molecule has 0 aliphatic carbocycles. The van der Waals surface area contributed by atoms with E-state index in [1.807, 2.05) is 50.2 Å². The minimum Gasteiger partial charge on any atom is -0.491 e. The molecule has 2 N–H and O–H groups in total. The summed E-state index contributed by atoms with van der Waals surface area (Å²) in [6, 6.07) is 16.2. The van der Waals surface area contributed by atoms with E-state index >= 15 is 0 Å². The Kier molecular flexibility index (Phi) is 7.09. The Hall–Kier alpha value is -2.09. The Morgan fingerprint density at radius 1 is 1.15 bits per heavy atom. The van der Waals surface area contributed by atoms with E-state index in [2.05, 4.69) is 27.6 Å². The Bertz CT molecular complexity index is 855. The number of benzene rings is 2. The maximum Gasteiger partial charge on any atom is 0.206 e. The number of aliphatic hydroxyl groups is 1. The molecule has 0 spiro atoms. The summed E-state index contributed by atoms with van der Waals surface area (Å²) in [6.07, 6.45) is -0.570. The van der Waals surface area contributed by atoms with Gasteiger partial charge in [0.15, 0.2) is 4.34 Å². The van der Waals surface area contributed by atoms with Gasteiger partial charge >= 0.3 is 0 Å². The molecular weight excluding hydrogens is 378 g/mol. The van der Waals surface area contributed by atoms with Gasteiger partial charge in [-0.2, -0.15) is 0 Å². The monoisotopic (exact) mass is 401 g/mol. The predicted molar refractivity (Wildman–Crippen MR) is 112 cm³/mol. The molecule has 142 valence electrons. The second kappa shape index (κ2) is 9.73. The highest BCUT2D eigenvalue weighted by atomic mass is 32.2. The van der Waals surface area contributed by atoms with Crippen molar-refractivity contribution in [3.8, 4) is 5.75 Å². The highest BCUT2D eigenvalue weighted by Crippen LogP contribution is 2.26. The fourth-order valence-corrected chi connectivity index (χ4v) is 4.06. The molecule has 27 heavy (non-hydrogen) atoms. The van der Waals surface area contributed by atoms with E-state index in [4.69, 9.17) is 4.74 Å². The highest BCUT2D eigenvalue weighted by Gasteiger charge is 2.11. The van der Waals surface area contributed by atoms with E-state index in [-0.39, 0.29) is 6.61 Å². The topological polar surface area (TPSA) is 67.3 Å². The first-order valence-corrected chi connectivity index (χ1v) is 10.5. The van der Waals surface area contributed by atoms with Gasteiger partial charge in [-0.25, -0.2) is 0 Å². The van der Waals surface area contributed by atoms with Gasteiger partial charge in [-0.1, -0.05) is 65.6 Å². The SMILES string of the molecule is Cc1ccc(C)c(OCC(O)CSc2nnc(NCc3ccccc3)s2)c1. The minimum absolute atomic E-state index is 0.259. The molecule has 0 saturated carbocycles. The first-order valence-electron chi connectivity index (χ1n) is 8.72. The number of rotatable bonds is 9. The Labute approximate surface area is 167 Å². The zero-order valence-corrected chi connectivity index (χ0v) is 17.0. The summed E-state index contributed by atoms with van der Waals surface area (Å²) in [4.78, 5) is 0. The van der Waals surface area contributed by atoms with Gasteiger partial charge in [0.25, 0.3) is 0 Å². The van der Waals surface area contributed by atoms with Gasteiger partial charge in [-0.15, -0.1) is 10.2 Å². The fraction of sp³-hybridized carbons (Fsp3) is 0.300. The van der Waals surface area contributed by atoms with E-state index in [0.29, 0.717) is 12.3 Å². The summed E-state index contributed by atoms with van der Waals surface area (Å²) in [6.45, 7) is 5.00. The van der Waals surface area contributed by atoms with Crippen molar-refractivity contribution in [1.82, 2.24) is 10.2 Å². The van der Waals surface area contributed by atoms with E-state index in [9.17, 15) is 5.11 Å². The zero-order chi connectivity index (χ0) is 19.1. The van der Waals surface area contributed by atoms with Crippen LogP contribution in [0.1, 0.15) is 16.7 Å². The third-order valence-corrected chi connectivity index (χ3v) is 6.03. The Balaban J connectivity index is 1.42. The molecule has 0 saturated heterocycles. The van der Waals surface area contributed by atoms with Gasteiger partial charge in [-0.3, -0.25) is 0 Å². The maximum absolute atomic E-state index is 10.2. The number of aromatic nitrogens is 2. The van der Waals surface area contributed by atoms with Crippen molar-refractivity contribution < 1.29 is 9.84 Å². The standard InChI is InChI=1S/C20H23N3O2S2/c1-14-8-9-15(2)18(10-14)25-12-17(24)13-26-20-23-22-19(27-20)21-11-16-6-4-3-5-7-16/h3-10,17,24H,11-13H2,1-2H3,(H,21,22). The summed E-state index contributed by atoms with van der Waals surface area (Å²) >= 11 is 2.98. The lowest BCUT2D eigenvalue weighted by Gasteiger charge is -2.13. The van der Waals surface area contributed by atoms with Gasteiger partial charge in [0, 0.05) is 12.3 Å². The first-order chi connectivity index (χ1) is 13.1. The second-order valence-electron chi connectivity index (χ2n) is 6.26. The number of aliphatic hydroxyl groups excluding tert-OH is 1. The summed E-state index contributed by atoms with van der Waals surface area (Å²) in [5.74, 6) is 1.33. The smallest absolute Gasteiger partial charge is 0.206 e. The molecule has 0 aliphatic rings. The zero-order valence-electron chi connectivity index (χ0n) is 15.4. The third kappa shape index (κ3) is 6.23. The summed E-state index contributed by atoms with van der Waals surface area (Å²) < 4.78 is 6.58. The van der Waals surface area contributed by atoms with Crippen LogP contribution in [0.15, 0.2) is 52.9 Å². The summed E-state index contributed by atoms with van der Waals surface area (Å²) in [5.41, 5.74) is 3.41. The molecule has 1 heterocycles. The number of ether oxygens (including phenoxy) is 1.